The Bertz CT molecular complexity index is 931. The second kappa shape index (κ2) is 6.39. The van der Waals surface area contributed by atoms with Crippen LogP contribution in [0.2, 0.25) is 5.02 Å². The van der Waals surface area contributed by atoms with Crippen molar-refractivity contribution < 1.29 is 9.32 Å². The Labute approximate surface area is 146 Å². The van der Waals surface area contributed by atoms with Crippen LogP contribution >= 0.6 is 24.2 Å². The number of aromatic nitrogens is 1. The number of hydrogen-bond donors (Lipinski definition) is 3. The number of phenolic OH excluding ortho intramolecular Hbond substituents is 1. The third-order valence-electron chi connectivity index (χ3n) is 3.48. The summed E-state index contributed by atoms with van der Waals surface area (Å²) >= 11 is 10.3. The van der Waals surface area contributed by atoms with Crippen molar-refractivity contribution >= 4 is 51.8 Å². The van der Waals surface area contributed by atoms with Crippen LogP contribution in [0.1, 0.15) is 5.56 Å². The molecule has 1 unspecified atom stereocenters. The first-order valence-corrected chi connectivity index (χ1v) is 8.69. The van der Waals surface area contributed by atoms with Crippen molar-refractivity contribution in [2.45, 2.75) is 16.7 Å². The summed E-state index contributed by atoms with van der Waals surface area (Å²) in [6.07, 6.45) is 1.57. The van der Waals surface area contributed by atoms with Gasteiger partial charge in [0, 0.05) is 21.5 Å². The minimum Gasteiger partial charge on any atom is -0.505 e. The number of hydrogen-bond acceptors (Lipinski definition) is 4. The summed E-state index contributed by atoms with van der Waals surface area (Å²) in [6.45, 7) is 1.85. The molecule has 0 spiro atoms. The summed E-state index contributed by atoms with van der Waals surface area (Å²) in [7, 11) is -1.55. The van der Waals surface area contributed by atoms with Crippen molar-refractivity contribution in [2.24, 2.45) is 0 Å². The first-order valence-electron chi connectivity index (χ1n) is 6.72. The van der Waals surface area contributed by atoms with Crippen LogP contribution in [-0.4, -0.2) is 14.3 Å². The van der Waals surface area contributed by atoms with Gasteiger partial charge in [-0.15, -0.1) is 12.6 Å². The molecule has 1 aromatic heterocycles. The summed E-state index contributed by atoms with van der Waals surface area (Å²) in [4.78, 5) is 4.96. The van der Waals surface area contributed by atoms with E-state index in [1.807, 2.05) is 13.0 Å². The summed E-state index contributed by atoms with van der Waals surface area (Å²) in [5.74, 6) is -0.0244. The molecule has 4 nitrogen and oxygen atoms in total. The number of nitrogens with zero attached hydrogens (tertiary/aromatic N) is 1. The lowest BCUT2D eigenvalue weighted by atomic mass is 10.2. The number of halogens is 1. The van der Waals surface area contributed by atoms with Gasteiger partial charge in [-0.05, 0) is 42.8 Å². The van der Waals surface area contributed by atoms with E-state index < -0.39 is 11.0 Å². The molecule has 118 valence electrons. The standard InChI is InChI=1S/C16H13ClN2O2S2/c1-9-11(17)5-2-6-12(9)19-23(21)14-8-13(22)16(20)15-10(14)4-3-7-18-15/h2-8,19-20,22H,1H3. The number of thiol groups is 1. The maximum atomic E-state index is 12.8. The van der Waals surface area contributed by atoms with E-state index in [9.17, 15) is 9.32 Å². The zero-order chi connectivity index (χ0) is 16.6. The van der Waals surface area contributed by atoms with Crippen LogP contribution in [0.5, 0.6) is 5.75 Å². The van der Waals surface area contributed by atoms with Crippen LogP contribution in [0, 0.1) is 6.92 Å². The van der Waals surface area contributed by atoms with Crippen LogP contribution in [0.25, 0.3) is 10.9 Å². The van der Waals surface area contributed by atoms with Gasteiger partial charge in [0.05, 0.1) is 10.6 Å². The molecule has 0 amide bonds. The van der Waals surface area contributed by atoms with Crippen molar-refractivity contribution in [1.29, 1.82) is 0 Å². The zero-order valence-electron chi connectivity index (χ0n) is 12.1. The molecular formula is C16H13ClN2O2S2. The smallest absolute Gasteiger partial charge is 0.155 e. The topological polar surface area (TPSA) is 62.2 Å². The van der Waals surface area contributed by atoms with Gasteiger partial charge in [-0.3, -0.25) is 4.98 Å². The number of aromatic hydroxyl groups is 1. The molecule has 0 saturated carbocycles. The highest BCUT2D eigenvalue weighted by atomic mass is 35.5. The number of rotatable bonds is 3. The van der Waals surface area contributed by atoms with Crippen molar-refractivity contribution in [2.75, 3.05) is 4.72 Å². The molecule has 0 aliphatic heterocycles. The van der Waals surface area contributed by atoms with Crippen molar-refractivity contribution in [3.63, 3.8) is 0 Å². The van der Waals surface area contributed by atoms with Crippen LogP contribution in [-0.2, 0) is 11.0 Å². The Morgan fingerprint density at radius 3 is 2.87 bits per heavy atom. The summed E-state index contributed by atoms with van der Waals surface area (Å²) in [6, 6.07) is 10.4. The molecule has 1 atom stereocenters. The maximum absolute atomic E-state index is 12.8. The van der Waals surface area contributed by atoms with Crippen LogP contribution in [0.4, 0.5) is 5.69 Å². The Balaban J connectivity index is 2.08. The van der Waals surface area contributed by atoms with Gasteiger partial charge in [0.15, 0.2) is 16.7 Å². The van der Waals surface area contributed by atoms with Crippen LogP contribution in [0.15, 0.2) is 52.4 Å². The van der Waals surface area contributed by atoms with Crippen molar-refractivity contribution in [1.82, 2.24) is 4.98 Å². The molecule has 0 aliphatic carbocycles. The fourth-order valence-corrected chi connectivity index (χ4v) is 3.83. The molecular weight excluding hydrogens is 352 g/mol. The van der Waals surface area contributed by atoms with E-state index in [1.54, 1.807) is 36.5 Å². The molecule has 0 fully saturated rings. The molecule has 0 bridgehead atoms. The van der Waals surface area contributed by atoms with Gasteiger partial charge in [0.2, 0.25) is 0 Å². The minimum atomic E-state index is -1.55. The third kappa shape index (κ3) is 3.02. The minimum absolute atomic E-state index is 0.0244. The highest BCUT2D eigenvalue weighted by Gasteiger charge is 2.16. The molecule has 0 aliphatic rings. The fourth-order valence-electron chi connectivity index (χ4n) is 2.21. The fraction of sp³-hybridized carbons (Fsp3) is 0.0625. The van der Waals surface area contributed by atoms with Gasteiger partial charge < -0.3 is 9.83 Å². The maximum Gasteiger partial charge on any atom is 0.155 e. The van der Waals surface area contributed by atoms with E-state index in [4.69, 9.17) is 11.6 Å². The van der Waals surface area contributed by atoms with Gasteiger partial charge in [0.25, 0.3) is 0 Å². The Morgan fingerprint density at radius 2 is 2.09 bits per heavy atom. The molecule has 0 saturated heterocycles. The lowest BCUT2D eigenvalue weighted by molar-refractivity contribution is 0.467. The van der Waals surface area contributed by atoms with E-state index in [0.29, 0.717) is 31.4 Å². The van der Waals surface area contributed by atoms with Gasteiger partial charge in [-0.2, -0.15) is 0 Å². The normalized spacial score (nSPS) is 12.3. The number of benzene rings is 2. The predicted octanol–water partition coefficient (Wildman–Crippen LogP) is 4.33. The van der Waals surface area contributed by atoms with Gasteiger partial charge in [0.1, 0.15) is 5.52 Å². The average molecular weight is 365 g/mol. The number of fused-ring (bicyclic) bond motifs is 1. The van der Waals surface area contributed by atoms with E-state index in [2.05, 4.69) is 22.3 Å². The summed E-state index contributed by atoms with van der Waals surface area (Å²) in [5, 5.41) is 11.3. The summed E-state index contributed by atoms with van der Waals surface area (Å²) < 4.78 is 15.7. The SMILES string of the molecule is Cc1c(Cl)cccc1NS(=O)c1cc(S)c(O)c2ncccc12. The molecule has 3 aromatic rings. The van der Waals surface area contributed by atoms with Crippen molar-refractivity contribution in [3.05, 3.63) is 53.2 Å². The zero-order valence-corrected chi connectivity index (χ0v) is 14.5. The molecule has 1 heterocycles. The monoisotopic (exact) mass is 364 g/mol. The number of nitrogens with one attached hydrogen (secondary N) is 1. The van der Waals surface area contributed by atoms with Crippen molar-refractivity contribution in [3.8, 4) is 5.75 Å². The van der Waals surface area contributed by atoms with Gasteiger partial charge in [-0.1, -0.05) is 17.7 Å². The quantitative estimate of drug-likeness (QED) is 0.606. The third-order valence-corrected chi connectivity index (χ3v) is 5.37. The van der Waals surface area contributed by atoms with Crippen LogP contribution < -0.4 is 4.72 Å². The molecule has 3 rings (SSSR count). The van der Waals surface area contributed by atoms with E-state index in [-0.39, 0.29) is 5.75 Å². The lowest BCUT2D eigenvalue weighted by Crippen LogP contribution is -2.07. The second-order valence-electron chi connectivity index (χ2n) is 4.93. The van der Waals surface area contributed by atoms with E-state index in [1.165, 1.54) is 0 Å². The highest BCUT2D eigenvalue weighted by Crippen LogP contribution is 2.34. The van der Waals surface area contributed by atoms with Crippen LogP contribution in [0.3, 0.4) is 0 Å². The summed E-state index contributed by atoms with van der Waals surface area (Å²) in [5.41, 5.74) is 1.87. The Morgan fingerprint density at radius 1 is 1.30 bits per heavy atom. The van der Waals surface area contributed by atoms with Gasteiger partial charge in [-0.25, -0.2) is 4.21 Å². The Hall–Kier alpha value is -1.76. The Kier molecular flexibility index (Phi) is 4.48. The van der Waals surface area contributed by atoms with E-state index in [0.717, 1.165) is 5.56 Å². The molecule has 2 aromatic carbocycles. The van der Waals surface area contributed by atoms with Gasteiger partial charge >= 0.3 is 0 Å². The average Bonchev–Trinajstić information content (AvgIpc) is 2.55. The van der Waals surface area contributed by atoms with E-state index >= 15 is 0 Å². The lowest BCUT2D eigenvalue weighted by Gasteiger charge is -2.13. The number of anilines is 1. The molecule has 7 heteroatoms. The largest absolute Gasteiger partial charge is 0.505 e. The number of phenols is 1. The molecule has 23 heavy (non-hydrogen) atoms. The number of pyridine rings is 1. The highest BCUT2D eigenvalue weighted by molar-refractivity contribution is 7.86. The molecule has 2 N–H and O–H groups in total. The first kappa shape index (κ1) is 16.1. The first-order chi connectivity index (χ1) is 11.0. The second-order valence-corrected chi connectivity index (χ2v) is 7.00. The predicted molar refractivity (Wildman–Crippen MR) is 96.9 cm³/mol. The molecule has 0 radical (unpaired) electrons.